The summed E-state index contributed by atoms with van der Waals surface area (Å²) in [6.45, 7) is 1.20. The van der Waals surface area contributed by atoms with Crippen molar-refractivity contribution in [1.29, 1.82) is 0 Å². The topological polar surface area (TPSA) is 113 Å². The third kappa shape index (κ3) is 9.40. The number of hydrogen-bond acceptors (Lipinski definition) is 5. The zero-order valence-electron chi connectivity index (χ0n) is 8.89. The maximum Gasteiger partial charge on any atom is 0.735 e. The number of aliphatic carboxylic acids is 1. The van der Waals surface area contributed by atoms with Crippen molar-refractivity contribution in [3.05, 3.63) is 30.3 Å². The molecule has 94 valence electrons. The number of aliphatic hydroxyl groups is 1. The Hall–Kier alpha value is -1.53. The molecule has 8 heteroatoms. The molecule has 0 saturated heterocycles. The van der Waals surface area contributed by atoms with Crippen LogP contribution >= 0.6 is 8.25 Å². The Balaban J connectivity index is 0.000000366. The number of benzene rings is 1. The number of carbonyl (C=O) groups is 1. The smallest absolute Gasteiger partial charge is 0.479 e. The predicted molar refractivity (Wildman–Crippen MR) is 57.3 cm³/mol. The molecule has 1 rings (SSSR count). The molecule has 0 aliphatic rings. The maximum atomic E-state index is 9.97. The van der Waals surface area contributed by atoms with Gasteiger partial charge in [0.25, 0.3) is 0 Å². The van der Waals surface area contributed by atoms with Crippen LogP contribution in [0.5, 0.6) is 5.75 Å². The van der Waals surface area contributed by atoms with Gasteiger partial charge in [0.05, 0.1) is 0 Å². The van der Waals surface area contributed by atoms with Gasteiger partial charge in [-0.25, -0.2) is 4.79 Å². The van der Waals surface area contributed by atoms with Gasteiger partial charge in [-0.05, 0) is 19.1 Å². The van der Waals surface area contributed by atoms with E-state index in [1.165, 1.54) is 6.92 Å². The van der Waals surface area contributed by atoms with Crippen molar-refractivity contribution >= 4 is 14.2 Å². The van der Waals surface area contributed by atoms with Gasteiger partial charge in [-0.3, -0.25) is 4.89 Å². The van der Waals surface area contributed by atoms with E-state index < -0.39 is 20.3 Å². The highest BCUT2D eigenvalue weighted by Crippen LogP contribution is 2.18. The predicted octanol–water partition coefficient (Wildman–Crippen LogP) is 1.10. The van der Waals surface area contributed by atoms with Gasteiger partial charge in [0.15, 0.2) is 5.75 Å². The fourth-order valence-electron chi connectivity index (χ4n) is 0.551. The van der Waals surface area contributed by atoms with Crippen molar-refractivity contribution in [2.24, 2.45) is 0 Å². The standard InChI is InChI=1S/C6H5O4P.C3H6O3/c7-11(8)10-9-6-4-2-1-3-5-6;1-2(4)3(5)6/h1-5H;2,4H,1H3,(H,5,6)/p+1. The Morgan fingerprint density at radius 1 is 1.35 bits per heavy atom. The number of carboxylic acids is 1. The molecule has 0 amide bonds. The zero-order chi connectivity index (χ0) is 13.3. The van der Waals surface area contributed by atoms with E-state index in [1.54, 1.807) is 30.3 Å². The first-order valence-corrected chi connectivity index (χ1v) is 5.53. The molecule has 2 unspecified atom stereocenters. The highest BCUT2D eigenvalue weighted by atomic mass is 31.1. The van der Waals surface area contributed by atoms with Gasteiger partial charge in [-0.15, -0.1) is 4.89 Å². The van der Waals surface area contributed by atoms with Gasteiger partial charge >= 0.3 is 14.2 Å². The number of carboxylic acid groups (broad SMARTS) is 1. The number of para-hydroxylation sites is 1. The summed E-state index contributed by atoms with van der Waals surface area (Å²) in [6, 6.07) is 8.47. The van der Waals surface area contributed by atoms with Crippen LogP contribution in [0.1, 0.15) is 6.92 Å². The SMILES string of the molecule is CC(O)C(=O)O.O=[P+](O)OOc1ccccc1. The van der Waals surface area contributed by atoms with E-state index in [2.05, 4.69) is 9.56 Å². The Labute approximate surface area is 98.1 Å². The maximum absolute atomic E-state index is 9.97. The molecule has 0 bridgehead atoms. The quantitative estimate of drug-likeness (QED) is 0.423. The van der Waals surface area contributed by atoms with Crippen LogP contribution in [0.3, 0.4) is 0 Å². The van der Waals surface area contributed by atoms with Gasteiger partial charge in [0, 0.05) is 4.57 Å². The van der Waals surface area contributed by atoms with Crippen LogP contribution in [0, 0.1) is 0 Å². The molecule has 0 saturated carbocycles. The molecule has 0 aromatic heterocycles. The van der Waals surface area contributed by atoms with Crippen molar-refractivity contribution in [2.45, 2.75) is 13.0 Å². The second-order valence-corrected chi connectivity index (χ2v) is 3.35. The Morgan fingerprint density at radius 3 is 2.18 bits per heavy atom. The molecule has 0 fully saturated rings. The monoisotopic (exact) mass is 263 g/mol. The third-order valence-corrected chi connectivity index (χ3v) is 1.50. The Bertz CT molecular complexity index is 352. The summed E-state index contributed by atoms with van der Waals surface area (Å²) in [6.07, 6.45) is -1.23. The van der Waals surface area contributed by atoms with Crippen molar-refractivity contribution in [3.8, 4) is 5.75 Å². The minimum absolute atomic E-state index is 0.393. The second kappa shape index (κ2) is 8.60. The molecule has 17 heavy (non-hydrogen) atoms. The van der Waals surface area contributed by atoms with E-state index in [1.807, 2.05) is 0 Å². The minimum atomic E-state index is -2.70. The third-order valence-electron chi connectivity index (χ3n) is 1.30. The Morgan fingerprint density at radius 2 is 1.82 bits per heavy atom. The largest absolute Gasteiger partial charge is 0.735 e. The molecular formula is C9H12O7P+. The molecule has 0 heterocycles. The number of hydrogen-bond donors (Lipinski definition) is 3. The van der Waals surface area contributed by atoms with Crippen molar-refractivity contribution in [2.75, 3.05) is 0 Å². The highest BCUT2D eigenvalue weighted by Gasteiger charge is 2.14. The summed E-state index contributed by atoms with van der Waals surface area (Å²) in [7, 11) is -2.70. The second-order valence-electron chi connectivity index (χ2n) is 2.72. The van der Waals surface area contributed by atoms with Crippen LogP contribution in [-0.2, 0) is 14.0 Å². The van der Waals surface area contributed by atoms with Gasteiger partial charge in [0.2, 0.25) is 0 Å². The normalized spacial score (nSPS) is 11.8. The number of rotatable bonds is 4. The first kappa shape index (κ1) is 15.5. The summed E-state index contributed by atoms with van der Waals surface area (Å²) >= 11 is 0. The van der Waals surface area contributed by atoms with Crippen LogP contribution < -0.4 is 4.89 Å². The molecule has 1 aromatic rings. The molecule has 0 aliphatic heterocycles. The lowest BCUT2D eigenvalue weighted by Gasteiger charge is -1.91. The molecule has 1 aromatic carbocycles. The molecule has 7 nitrogen and oxygen atoms in total. The minimum Gasteiger partial charge on any atom is -0.479 e. The van der Waals surface area contributed by atoms with Crippen LogP contribution in [0.25, 0.3) is 0 Å². The van der Waals surface area contributed by atoms with E-state index in [-0.39, 0.29) is 0 Å². The van der Waals surface area contributed by atoms with Gasteiger partial charge in [-0.1, -0.05) is 18.2 Å². The molecule has 3 N–H and O–H groups in total. The molecule has 0 spiro atoms. The van der Waals surface area contributed by atoms with E-state index >= 15 is 0 Å². The average Bonchev–Trinajstić information content (AvgIpc) is 2.28. The summed E-state index contributed by atoms with van der Waals surface area (Å²) in [5, 5.41) is 15.8. The lowest BCUT2D eigenvalue weighted by atomic mass is 10.3. The lowest BCUT2D eigenvalue weighted by Crippen LogP contribution is -2.13. The zero-order valence-corrected chi connectivity index (χ0v) is 9.78. The molecule has 0 aliphatic carbocycles. The van der Waals surface area contributed by atoms with Crippen LogP contribution in [0.2, 0.25) is 0 Å². The van der Waals surface area contributed by atoms with Gasteiger partial charge in [-0.2, -0.15) is 0 Å². The Kier molecular flexibility index (Phi) is 7.83. The van der Waals surface area contributed by atoms with Crippen molar-refractivity contribution < 1.29 is 34.0 Å². The average molecular weight is 263 g/mol. The molecule has 2 atom stereocenters. The lowest BCUT2D eigenvalue weighted by molar-refractivity contribution is -0.145. The van der Waals surface area contributed by atoms with Crippen LogP contribution in [0.4, 0.5) is 0 Å². The van der Waals surface area contributed by atoms with Gasteiger partial charge in [0.1, 0.15) is 10.8 Å². The summed E-state index contributed by atoms with van der Waals surface area (Å²) in [5.74, 6) is -0.792. The van der Waals surface area contributed by atoms with E-state index in [9.17, 15) is 9.36 Å². The highest BCUT2D eigenvalue weighted by molar-refractivity contribution is 7.31. The van der Waals surface area contributed by atoms with E-state index in [0.29, 0.717) is 5.75 Å². The van der Waals surface area contributed by atoms with E-state index in [4.69, 9.17) is 15.1 Å². The number of aliphatic hydroxyl groups excluding tert-OH is 1. The van der Waals surface area contributed by atoms with Crippen molar-refractivity contribution in [1.82, 2.24) is 0 Å². The molecule has 0 radical (unpaired) electrons. The summed E-state index contributed by atoms with van der Waals surface area (Å²) in [5.41, 5.74) is 0. The summed E-state index contributed by atoms with van der Waals surface area (Å²) in [4.78, 5) is 22.1. The van der Waals surface area contributed by atoms with Crippen LogP contribution in [-0.4, -0.2) is 27.2 Å². The van der Waals surface area contributed by atoms with Crippen LogP contribution in [0.15, 0.2) is 30.3 Å². The first-order chi connectivity index (χ1) is 7.93. The van der Waals surface area contributed by atoms with Crippen molar-refractivity contribution in [3.63, 3.8) is 0 Å². The van der Waals surface area contributed by atoms with E-state index in [0.717, 1.165) is 0 Å². The van der Waals surface area contributed by atoms with Gasteiger partial charge < -0.3 is 10.2 Å². The fourth-order valence-corrected chi connectivity index (χ4v) is 0.701. The first-order valence-electron chi connectivity index (χ1n) is 4.40. The molecular weight excluding hydrogens is 251 g/mol. The fraction of sp³-hybridized carbons (Fsp3) is 0.222. The summed E-state index contributed by atoms with van der Waals surface area (Å²) < 4.78 is 14.0.